The third kappa shape index (κ3) is 2.59. The van der Waals surface area contributed by atoms with Crippen molar-refractivity contribution in [3.8, 4) is 0 Å². The average molecular weight is 267 g/mol. The van der Waals surface area contributed by atoms with Gasteiger partial charge in [-0.3, -0.25) is 0 Å². The molecule has 0 aliphatic carbocycles. The van der Waals surface area contributed by atoms with Crippen molar-refractivity contribution in [2.45, 2.75) is 11.8 Å². The lowest BCUT2D eigenvalue weighted by molar-refractivity contribution is 0.601. The smallest absolute Gasteiger partial charge is 0.267 e. The Balaban J connectivity index is 2.35. The fraction of sp³-hybridized carbons (Fsp3) is 0.200. The van der Waals surface area contributed by atoms with Crippen LogP contribution in [0, 0.1) is 0 Å². The minimum Gasteiger partial charge on any atom is -0.369 e. The molecule has 0 aliphatic rings. The summed E-state index contributed by atoms with van der Waals surface area (Å²) in [6.45, 7) is 2.45. The molecular weight excluding hydrogens is 254 g/mol. The summed E-state index contributed by atoms with van der Waals surface area (Å²) in [6, 6.07) is 3.05. The topological polar surface area (TPSA) is 99.8 Å². The molecule has 0 atom stereocenters. The van der Waals surface area contributed by atoms with E-state index >= 15 is 0 Å². The third-order valence-electron chi connectivity index (χ3n) is 2.13. The second-order valence-corrected chi connectivity index (χ2v) is 5.07. The van der Waals surface area contributed by atoms with E-state index < -0.39 is 10.0 Å². The third-order valence-corrected chi connectivity index (χ3v) is 3.50. The minimum atomic E-state index is -3.70. The molecule has 0 amide bonds. The number of hydrogen-bond donors (Lipinski definition) is 3. The normalized spacial score (nSPS) is 11.2. The lowest BCUT2D eigenvalue weighted by Gasteiger charge is -2.10. The maximum Gasteiger partial charge on any atom is 0.267 e. The van der Waals surface area contributed by atoms with E-state index in [0.717, 1.165) is 0 Å². The second-order valence-electron chi connectivity index (χ2n) is 3.42. The fourth-order valence-corrected chi connectivity index (χ4v) is 2.52. The van der Waals surface area contributed by atoms with Crippen LogP contribution in [0.25, 0.3) is 0 Å². The van der Waals surface area contributed by atoms with Crippen LogP contribution in [0.4, 0.5) is 11.8 Å². The summed E-state index contributed by atoms with van der Waals surface area (Å²) in [6.07, 6.45) is 4.53. The largest absolute Gasteiger partial charge is 0.369 e. The SMILES string of the molecule is CCNc1ncccc1S(=O)(=O)Nc1ncc[nH]1. The second kappa shape index (κ2) is 5.05. The number of H-pyrrole nitrogens is 1. The number of aromatic nitrogens is 3. The van der Waals surface area contributed by atoms with Crippen molar-refractivity contribution in [3.63, 3.8) is 0 Å². The molecule has 0 bridgehead atoms. The molecule has 0 saturated carbocycles. The number of imidazole rings is 1. The highest BCUT2D eigenvalue weighted by molar-refractivity contribution is 7.92. The molecule has 0 spiro atoms. The molecule has 0 fully saturated rings. The molecule has 0 saturated heterocycles. The van der Waals surface area contributed by atoms with Crippen molar-refractivity contribution in [3.05, 3.63) is 30.7 Å². The first-order valence-corrected chi connectivity index (χ1v) is 6.83. The van der Waals surface area contributed by atoms with Gasteiger partial charge in [-0.1, -0.05) is 0 Å². The van der Waals surface area contributed by atoms with Gasteiger partial charge in [0.25, 0.3) is 10.0 Å². The van der Waals surface area contributed by atoms with Crippen LogP contribution in [0.2, 0.25) is 0 Å². The van der Waals surface area contributed by atoms with Gasteiger partial charge in [-0.2, -0.15) is 0 Å². The monoisotopic (exact) mass is 267 g/mol. The predicted octanol–water partition coefficient (Wildman–Crippen LogP) is 1.04. The van der Waals surface area contributed by atoms with Gasteiger partial charge in [0.15, 0.2) is 0 Å². The maximum atomic E-state index is 12.1. The summed E-state index contributed by atoms with van der Waals surface area (Å²) in [7, 11) is -3.70. The Bertz CT molecular complexity index is 609. The Morgan fingerprint density at radius 2 is 2.17 bits per heavy atom. The number of nitrogens with zero attached hydrogens (tertiary/aromatic N) is 2. The first kappa shape index (κ1) is 12.4. The molecule has 18 heavy (non-hydrogen) atoms. The Kier molecular flexibility index (Phi) is 3.47. The van der Waals surface area contributed by atoms with Crippen molar-refractivity contribution in [1.82, 2.24) is 15.0 Å². The Morgan fingerprint density at radius 1 is 1.33 bits per heavy atom. The lowest BCUT2D eigenvalue weighted by Crippen LogP contribution is -2.16. The summed E-state index contributed by atoms with van der Waals surface area (Å²) >= 11 is 0. The number of aromatic amines is 1. The Hall–Kier alpha value is -2.09. The van der Waals surface area contributed by atoms with E-state index in [1.165, 1.54) is 24.7 Å². The molecule has 96 valence electrons. The number of anilines is 2. The molecule has 7 nitrogen and oxygen atoms in total. The van der Waals surface area contributed by atoms with Crippen molar-refractivity contribution < 1.29 is 8.42 Å². The van der Waals surface area contributed by atoms with E-state index in [1.807, 2.05) is 6.92 Å². The standard InChI is InChI=1S/C10H13N5O2S/c1-2-11-9-8(4-3-5-12-9)18(16,17)15-10-13-6-7-14-10/h3-7H,2H2,1H3,(H,11,12)(H2,13,14,15). The van der Waals surface area contributed by atoms with Crippen LogP contribution in [0.3, 0.4) is 0 Å². The zero-order chi connectivity index (χ0) is 13.0. The van der Waals surface area contributed by atoms with Gasteiger partial charge in [-0.15, -0.1) is 0 Å². The molecule has 0 aromatic carbocycles. The summed E-state index contributed by atoms with van der Waals surface area (Å²) in [4.78, 5) is 10.6. The van der Waals surface area contributed by atoms with Gasteiger partial charge in [0, 0.05) is 25.1 Å². The van der Waals surface area contributed by atoms with Gasteiger partial charge < -0.3 is 10.3 Å². The molecule has 2 heterocycles. The van der Waals surface area contributed by atoms with Gasteiger partial charge in [0.05, 0.1) is 0 Å². The molecular formula is C10H13N5O2S. The van der Waals surface area contributed by atoms with Crippen LogP contribution >= 0.6 is 0 Å². The van der Waals surface area contributed by atoms with Gasteiger partial charge in [0.1, 0.15) is 10.7 Å². The zero-order valence-electron chi connectivity index (χ0n) is 9.71. The molecule has 0 radical (unpaired) electrons. The van der Waals surface area contributed by atoms with E-state index in [1.54, 1.807) is 6.07 Å². The van der Waals surface area contributed by atoms with Crippen LogP contribution in [-0.2, 0) is 10.0 Å². The number of hydrogen-bond acceptors (Lipinski definition) is 5. The molecule has 2 rings (SSSR count). The Morgan fingerprint density at radius 3 is 2.83 bits per heavy atom. The molecule has 0 aliphatic heterocycles. The van der Waals surface area contributed by atoms with Gasteiger partial charge in [-0.05, 0) is 19.1 Å². The maximum absolute atomic E-state index is 12.1. The first-order chi connectivity index (χ1) is 8.63. The summed E-state index contributed by atoms with van der Waals surface area (Å²) in [5.41, 5.74) is 0. The van der Waals surface area contributed by atoms with Gasteiger partial charge in [0.2, 0.25) is 5.95 Å². The van der Waals surface area contributed by atoms with Crippen molar-refractivity contribution >= 4 is 21.8 Å². The molecule has 2 aromatic heterocycles. The summed E-state index contributed by atoms with van der Waals surface area (Å²) < 4.78 is 26.6. The highest BCUT2D eigenvalue weighted by atomic mass is 32.2. The van der Waals surface area contributed by atoms with E-state index in [0.29, 0.717) is 12.4 Å². The summed E-state index contributed by atoms with van der Waals surface area (Å²) in [5, 5.41) is 2.90. The highest BCUT2D eigenvalue weighted by Crippen LogP contribution is 2.19. The molecule has 2 aromatic rings. The van der Waals surface area contributed by atoms with Crippen LogP contribution < -0.4 is 10.0 Å². The van der Waals surface area contributed by atoms with Crippen LogP contribution in [-0.4, -0.2) is 29.9 Å². The van der Waals surface area contributed by atoms with Crippen molar-refractivity contribution in [2.75, 3.05) is 16.6 Å². The number of pyridine rings is 1. The predicted molar refractivity (Wildman–Crippen MR) is 67.8 cm³/mol. The van der Waals surface area contributed by atoms with E-state index in [9.17, 15) is 8.42 Å². The fourth-order valence-electron chi connectivity index (χ4n) is 1.41. The highest BCUT2D eigenvalue weighted by Gasteiger charge is 2.19. The summed E-state index contributed by atoms with van der Waals surface area (Å²) in [5.74, 6) is 0.486. The lowest BCUT2D eigenvalue weighted by atomic mass is 10.4. The van der Waals surface area contributed by atoms with Gasteiger partial charge in [-0.25, -0.2) is 23.1 Å². The van der Waals surface area contributed by atoms with E-state index in [2.05, 4.69) is 25.0 Å². The van der Waals surface area contributed by atoms with E-state index in [4.69, 9.17) is 0 Å². The van der Waals surface area contributed by atoms with Crippen LogP contribution in [0.15, 0.2) is 35.6 Å². The number of rotatable bonds is 5. The van der Waals surface area contributed by atoms with E-state index in [-0.39, 0.29) is 10.8 Å². The zero-order valence-corrected chi connectivity index (χ0v) is 10.5. The average Bonchev–Trinajstić information content (AvgIpc) is 2.82. The molecule has 3 N–H and O–H groups in total. The van der Waals surface area contributed by atoms with Crippen LogP contribution in [0.5, 0.6) is 0 Å². The van der Waals surface area contributed by atoms with Crippen LogP contribution in [0.1, 0.15) is 6.92 Å². The minimum absolute atomic E-state index is 0.0863. The number of nitrogens with one attached hydrogen (secondary N) is 3. The quantitative estimate of drug-likeness (QED) is 0.751. The van der Waals surface area contributed by atoms with Crippen molar-refractivity contribution in [1.29, 1.82) is 0 Å². The Labute approximate surface area is 105 Å². The molecule has 8 heteroatoms. The van der Waals surface area contributed by atoms with Gasteiger partial charge >= 0.3 is 0 Å². The number of sulfonamides is 1. The van der Waals surface area contributed by atoms with Crippen molar-refractivity contribution in [2.24, 2.45) is 0 Å². The molecule has 0 unspecified atom stereocenters. The first-order valence-electron chi connectivity index (χ1n) is 5.34.